The second kappa shape index (κ2) is 6.20. The van der Waals surface area contributed by atoms with Gasteiger partial charge in [0.25, 0.3) is 15.9 Å². The zero-order valence-corrected chi connectivity index (χ0v) is 14.2. The minimum absolute atomic E-state index is 0.199. The van der Waals surface area contributed by atoms with Gasteiger partial charge in [0.15, 0.2) is 6.10 Å². The second-order valence-corrected chi connectivity index (χ2v) is 7.11. The standard InChI is InChI=1S/C15H15N3O6S/c1-3-11-14(19)16-10-7-9(4-5-12(10)23-11)25(21,22)18-15(20)13-6-8(2)17-24-13/h4-7,11H,3H2,1-2H3,(H,16,19)(H,18,20)/t11-/m0/s1. The topological polar surface area (TPSA) is 128 Å². The van der Waals surface area contributed by atoms with Crippen LogP contribution in [0, 0.1) is 6.92 Å². The molecule has 25 heavy (non-hydrogen) atoms. The zero-order valence-electron chi connectivity index (χ0n) is 13.4. The Balaban J connectivity index is 1.85. The molecule has 9 nitrogen and oxygen atoms in total. The maximum atomic E-state index is 12.4. The van der Waals surface area contributed by atoms with Crippen molar-refractivity contribution in [1.29, 1.82) is 0 Å². The molecule has 0 bridgehead atoms. The van der Waals surface area contributed by atoms with Crippen molar-refractivity contribution in [3.05, 3.63) is 35.7 Å². The lowest BCUT2D eigenvalue weighted by molar-refractivity contribution is -0.123. The summed E-state index contributed by atoms with van der Waals surface area (Å²) in [7, 11) is -4.16. The van der Waals surface area contributed by atoms with Gasteiger partial charge in [0.05, 0.1) is 16.3 Å². The fourth-order valence-electron chi connectivity index (χ4n) is 2.27. The number of carbonyl (C=O) groups is 2. The lowest BCUT2D eigenvalue weighted by Crippen LogP contribution is -2.36. The highest BCUT2D eigenvalue weighted by molar-refractivity contribution is 7.90. The average molecular weight is 365 g/mol. The number of aromatic nitrogens is 1. The molecular formula is C15H15N3O6S. The van der Waals surface area contributed by atoms with E-state index in [2.05, 4.69) is 10.5 Å². The van der Waals surface area contributed by atoms with Crippen LogP contribution in [0.4, 0.5) is 5.69 Å². The first kappa shape index (κ1) is 17.0. The summed E-state index contributed by atoms with van der Waals surface area (Å²) in [6.45, 7) is 3.40. The van der Waals surface area contributed by atoms with Crippen LogP contribution in [-0.4, -0.2) is 31.5 Å². The van der Waals surface area contributed by atoms with Crippen molar-refractivity contribution >= 4 is 27.5 Å². The number of nitrogens with zero attached hydrogens (tertiary/aromatic N) is 1. The van der Waals surface area contributed by atoms with Crippen molar-refractivity contribution in [1.82, 2.24) is 9.88 Å². The number of carbonyl (C=O) groups excluding carboxylic acids is 2. The molecule has 2 amide bonds. The molecule has 0 radical (unpaired) electrons. The molecule has 132 valence electrons. The molecule has 2 aromatic rings. The highest BCUT2D eigenvalue weighted by atomic mass is 32.2. The molecule has 0 spiro atoms. The number of hydrogen-bond acceptors (Lipinski definition) is 7. The fraction of sp³-hybridized carbons (Fsp3) is 0.267. The van der Waals surface area contributed by atoms with Crippen molar-refractivity contribution in [2.24, 2.45) is 0 Å². The summed E-state index contributed by atoms with van der Waals surface area (Å²) in [4.78, 5) is 23.6. The number of aryl methyl sites for hydroxylation is 1. The van der Waals surface area contributed by atoms with Crippen molar-refractivity contribution in [3.63, 3.8) is 0 Å². The summed E-state index contributed by atoms with van der Waals surface area (Å²) in [5, 5.41) is 6.12. The Morgan fingerprint density at radius 1 is 1.36 bits per heavy atom. The Morgan fingerprint density at radius 2 is 2.12 bits per heavy atom. The zero-order chi connectivity index (χ0) is 18.2. The molecule has 10 heteroatoms. The summed E-state index contributed by atoms with van der Waals surface area (Å²) in [5.74, 6) is -1.15. The Hall–Kier alpha value is -2.88. The van der Waals surface area contributed by atoms with Gasteiger partial charge in [0, 0.05) is 6.07 Å². The lowest BCUT2D eigenvalue weighted by Gasteiger charge is -2.25. The number of benzene rings is 1. The first-order valence-corrected chi connectivity index (χ1v) is 8.90. The maximum Gasteiger partial charge on any atom is 0.303 e. The number of ether oxygens (including phenoxy) is 1. The average Bonchev–Trinajstić information content (AvgIpc) is 3.00. The van der Waals surface area contributed by atoms with E-state index in [9.17, 15) is 18.0 Å². The Kier molecular flexibility index (Phi) is 4.21. The van der Waals surface area contributed by atoms with E-state index in [0.717, 1.165) is 0 Å². The number of sulfonamides is 1. The maximum absolute atomic E-state index is 12.4. The molecule has 0 fully saturated rings. The third kappa shape index (κ3) is 3.33. The number of nitrogens with one attached hydrogen (secondary N) is 2. The van der Waals surface area contributed by atoms with Gasteiger partial charge < -0.3 is 14.6 Å². The molecule has 0 unspecified atom stereocenters. The van der Waals surface area contributed by atoms with Gasteiger partial charge in [-0.1, -0.05) is 12.1 Å². The van der Waals surface area contributed by atoms with Gasteiger partial charge in [-0.05, 0) is 31.5 Å². The molecule has 1 aliphatic rings. The molecule has 0 aliphatic carbocycles. The molecule has 1 aromatic carbocycles. The molecule has 1 aromatic heterocycles. The van der Waals surface area contributed by atoms with Crippen LogP contribution in [0.1, 0.15) is 29.6 Å². The monoisotopic (exact) mass is 365 g/mol. The quantitative estimate of drug-likeness (QED) is 0.833. The van der Waals surface area contributed by atoms with Crippen molar-refractivity contribution < 1.29 is 27.3 Å². The molecule has 0 saturated heterocycles. The predicted molar refractivity (Wildman–Crippen MR) is 85.7 cm³/mol. The van der Waals surface area contributed by atoms with Crippen LogP contribution >= 0.6 is 0 Å². The number of hydrogen-bond donors (Lipinski definition) is 2. The Labute approximate surface area is 143 Å². The normalized spacial score (nSPS) is 16.6. The highest BCUT2D eigenvalue weighted by Crippen LogP contribution is 2.32. The van der Waals surface area contributed by atoms with E-state index in [-0.39, 0.29) is 22.3 Å². The van der Waals surface area contributed by atoms with Crippen LogP contribution in [0.3, 0.4) is 0 Å². The first-order valence-electron chi connectivity index (χ1n) is 7.42. The highest BCUT2D eigenvalue weighted by Gasteiger charge is 2.28. The number of amides is 2. The van der Waals surface area contributed by atoms with Gasteiger partial charge >= 0.3 is 5.91 Å². The van der Waals surface area contributed by atoms with E-state index in [1.165, 1.54) is 24.3 Å². The van der Waals surface area contributed by atoms with Gasteiger partial charge in [-0.15, -0.1) is 0 Å². The number of fused-ring (bicyclic) bond motifs is 1. The molecule has 1 aliphatic heterocycles. The van der Waals surface area contributed by atoms with E-state index < -0.39 is 22.0 Å². The summed E-state index contributed by atoms with van der Waals surface area (Å²) in [6, 6.07) is 5.25. The summed E-state index contributed by atoms with van der Waals surface area (Å²) >= 11 is 0. The van der Waals surface area contributed by atoms with E-state index >= 15 is 0 Å². The minimum atomic E-state index is -4.16. The largest absolute Gasteiger partial charge is 0.478 e. The molecule has 3 rings (SSSR count). The van der Waals surface area contributed by atoms with Crippen LogP contribution in [0.25, 0.3) is 0 Å². The first-order chi connectivity index (χ1) is 11.8. The van der Waals surface area contributed by atoms with Crippen LogP contribution < -0.4 is 14.8 Å². The molecule has 1 atom stereocenters. The van der Waals surface area contributed by atoms with Crippen molar-refractivity contribution in [3.8, 4) is 5.75 Å². The van der Waals surface area contributed by atoms with Gasteiger partial charge in [-0.2, -0.15) is 0 Å². The Morgan fingerprint density at radius 3 is 2.76 bits per heavy atom. The van der Waals surface area contributed by atoms with E-state index in [4.69, 9.17) is 9.26 Å². The van der Waals surface area contributed by atoms with Crippen LogP contribution in [-0.2, 0) is 14.8 Å². The van der Waals surface area contributed by atoms with Gasteiger partial charge in [0.2, 0.25) is 5.76 Å². The van der Waals surface area contributed by atoms with E-state index in [1.807, 2.05) is 4.72 Å². The second-order valence-electron chi connectivity index (χ2n) is 5.43. The number of anilines is 1. The van der Waals surface area contributed by atoms with Gasteiger partial charge in [-0.3, -0.25) is 9.59 Å². The molecule has 2 heterocycles. The molecule has 0 saturated carbocycles. The Bertz CT molecular complexity index is 950. The molecular weight excluding hydrogens is 350 g/mol. The number of rotatable bonds is 4. The van der Waals surface area contributed by atoms with Gasteiger partial charge in [0.1, 0.15) is 5.75 Å². The fourth-order valence-corrected chi connectivity index (χ4v) is 3.25. The van der Waals surface area contributed by atoms with E-state index in [0.29, 0.717) is 17.9 Å². The van der Waals surface area contributed by atoms with Crippen LogP contribution in [0.15, 0.2) is 33.7 Å². The minimum Gasteiger partial charge on any atom is -0.478 e. The summed E-state index contributed by atoms with van der Waals surface area (Å²) < 4.78 is 36.8. The summed E-state index contributed by atoms with van der Waals surface area (Å²) in [5.41, 5.74) is 0.669. The smallest absolute Gasteiger partial charge is 0.303 e. The van der Waals surface area contributed by atoms with E-state index in [1.54, 1.807) is 13.8 Å². The molecule has 2 N–H and O–H groups in total. The van der Waals surface area contributed by atoms with Crippen LogP contribution in [0.2, 0.25) is 0 Å². The predicted octanol–water partition coefficient (Wildman–Crippen LogP) is 1.21. The van der Waals surface area contributed by atoms with Crippen LogP contribution in [0.5, 0.6) is 5.75 Å². The summed E-state index contributed by atoms with van der Waals surface area (Å²) in [6.07, 6.45) is -0.137. The van der Waals surface area contributed by atoms with Gasteiger partial charge in [-0.25, -0.2) is 13.1 Å². The van der Waals surface area contributed by atoms with Crippen molar-refractivity contribution in [2.75, 3.05) is 5.32 Å². The third-order valence-electron chi connectivity index (χ3n) is 3.53. The van der Waals surface area contributed by atoms with Crippen molar-refractivity contribution in [2.45, 2.75) is 31.3 Å². The third-order valence-corrected chi connectivity index (χ3v) is 4.86. The lowest BCUT2D eigenvalue weighted by atomic mass is 10.2. The SMILES string of the molecule is CC[C@@H]1Oc2ccc(S(=O)(=O)NC(=O)c3cc(C)no3)cc2NC1=O.